The van der Waals surface area contributed by atoms with Gasteiger partial charge in [0, 0.05) is 5.69 Å². The fraction of sp³-hybridized carbons (Fsp3) is 0.0833. The number of halogens is 3. The molecule has 0 atom stereocenters. The van der Waals surface area contributed by atoms with E-state index in [2.05, 4.69) is 10.1 Å². The summed E-state index contributed by atoms with van der Waals surface area (Å²) in [4.78, 5) is 27.5. The van der Waals surface area contributed by atoms with E-state index >= 15 is 0 Å². The summed E-state index contributed by atoms with van der Waals surface area (Å²) in [5.41, 5.74) is 2.47. The molecule has 5 nitrogen and oxygen atoms in total. The molecule has 0 radical (unpaired) electrons. The van der Waals surface area contributed by atoms with Crippen LogP contribution >= 0.6 is 0 Å². The third-order valence-electron chi connectivity index (χ3n) is 4.88. The van der Waals surface area contributed by atoms with E-state index in [4.69, 9.17) is 0 Å². The van der Waals surface area contributed by atoms with Crippen LogP contribution in [0.25, 0.3) is 5.57 Å². The number of nitrogens with one attached hydrogen (secondary N) is 1. The Morgan fingerprint density at radius 3 is 2.06 bits per heavy atom. The number of anilines is 2. The van der Waals surface area contributed by atoms with E-state index in [9.17, 15) is 22.8 Å². The molecule has 1 aliphatic rings. The lowest BCUT2D eigenvalue weighted by molar-refractivity contribution is -0.274. The lowest BCUT2D eigenvalue weighted by atomic mass is 10.0. The number of amides is 2. The highest BCUT2D eigenvalue weighted by Gasteiger charge is 2.40. The number of carbonyl (C=O) groups excluding carboxylic acids is 2. The van der Waals surface area contributed by atoms with Crippen molar-refractivity contribution in [1.29, 1.82) is 0 Å². The molecule has 1 heterocycles. The number of alkyl halides is 3. The smallest absolute Gasteiger partial charge is 0.406 e. The highest BCUT2D eigenvalue weighted by atomic mass is 19.4. The molecule has 8 heteroatoms. The van der Waals surface area contributed by atoms with Crippen molar-refractivity contribution in [2.24, 2.45) is 0 Å². The molecule has 0 aliphatic carbocycles. The maximum atomic E-state index is 13.3. The first-order valence-corrected chi connectivity index (χ1v) is 9.61. The molecule has 0 aromatic heterocycles. The Kier molecular flexibility index (Phi) is 5.44. The number of ether oxygens (including phenoxy) is 1. The maximum Gasteiger partial charge on any atom is 0.573 e. The summed E-state index contributed by atoms with van der Waals surface area (Å²) in [7, 11) is 0. The van der Waals surface area contributed by atoms with Crippen LogP contribution in [0.5, 0.6) is 5.75 Å². The molecule has 0 spiro atoms. The molecule has 1 aliphatic heterocycles. The molecule has 0 bridgehead atoms. The number of para-hydroxylation sites is 1. The van der Waals surface area contributed by atoms with Gasteiger partial charge in [-0.3, -0.25) is 9.59 Å². The van der Waals surface area contributed by atoms with Crippen molar-refractivity contribution in [1.82, 2.24) is 0 Å². The third-order valence-corrected chi connectivity index (χ3v) is 4.88. The average Bonchev–Trinajstić information content (AvgIpc) is 2.99. The van der Waals surface area contributed by atoms with Gasteiger partial charge in [0.15, 0.2) is 0 Å². The van der Waals surface area contributed by atoms with Crippen LogP contribution < -0.4 is 15.0 Å². The minimum absolute atomic E-state index is 0.0890. The number of hydrogen-bond donors (Lipinski definition) is 1. The van der Waals surface area contributed by atoms with Crippen molar-refractivity contribution in [3.63, 3.8) is 0 Å². The van der Waals surface area contributed by atoms with E-state index < -0.39 is 23.9 Å². The van der Waals surface area contributed by atoms with Gasteiger partial charge >= 0.3 is 6.36 Å². The Bertz CT molecular complexity index is 1200. The number of carbonyl (C=O) groups is 2. The second kappa shape index (κ2) is 8.22. The zero-order chi connectivity index (χ0) is 22.9. The fourth-order valence-electron chi connectivity index (χ4n) is 3.40. The Hall–Kier alpha value is -4.07. The van der Waals surface area contributed by atoms with E-state index in [1.807, 2.05) is 19.1 Å². The molecule has 4 rings (SSSR count). The number of aryl methyl sites for hydroxylation is 1. The lowest BCUT2D eigenvalue weighted by Crippen LogP contribution is -2.32. The summed E-state index contributed by atoms with van der Waals surface area (Å²) in [6, 6.07) is 20.6. The molecule has 0 fully saturated rings. The summed E-state index contributed by atoms with van der Waals surface area (Å²) < 4.78 is 41.2. The first-order valence-electron chi connectivity index (χ1n) is 9.61. The molecule has 0 saturated heterocycles. The second-order valence-corrected chi connectivity index (χ2v) is 7.04. The first-order chi connectivity index (χ1) is 15.2. The summed E-state index contributed by atoms with van der Waals surface area (Å²) in [6.07, 6.45) is -4.84. The van der Waals surface area contributed by atoms with Crippen molar-refractivity contribution in [2.45, 2.75) is 13.3 Å². The molecule has 0 unspecified atom stereocenters. The minimum Gasteiger partial charge on any atom is -0.406 e. The van der Waals surface area contributed by atoms with E-state index in [1.165, 1.54) is 12.1 Å². The van der Waals surface area contributed by atoms with Crippen LogP contribution in [0.4, 0.5) is 24.5 Å². The fourth-order valence-corrected chi connectivity index (χ4v) is 3.40. The van der Waals surface area contributed by atoms with Crippen LogP contribution in [-0.4, -0.2) is 18.2 Å². The van der Waals surface area contributed by atoms with E-state index in [1.54, 1.807) is 42.5 Å². The van der Waals surface area contributed by atoms with Crippen LogP contribution in [0.15, 0.2) is 84.6 Å². The molecular formula is C24H17F3N2O3. The highest BCUT2D eigenvalue weighted by Crippen LogP contribution is 2.35. The van der Waals surface area contributed by atoms with Gasteiger partial charge in [0.05, 0.1) is 11.3 Å². The average molecular weight is 438 g/mol. The van der Waals surface area contributed by atoms with Gasteiger partial charge in [0.25, 0.3) is 11.8 Å². The minimum atomic E-state index is -4.84. The van der Waals surface area contributed by atoms with Crippen molar-refractivity contribution in [3.05, 3.63) is 95.7 Å². The maximum absolute atomic E-state index is 13.3. The summed E-state index contributed by atoms with van der Waals surface area (Å²) >= 11 is 0. The zero-order valence-electron chi connectivity index (χ0n) is 16.8. The molecule has 3 aromatic rings. The monoisotopic (exact) mass is 438 g/mol. The van der Waals surface area contributed by atoms with Crippen LogP contribution in [0.2, 0.25) is 0 Å². The third kappa shape index (κ3) is 4.20. The Morgan fingerprint density at radius 2 is 1.44 bits per heavy atom. The first kappa shape index (κ1) is 21.2. The van der Waals surface area contributed by atoms with E-state index in [0.29, 0.717) is 11.3 Å². The quantitative estimate of drug-likeness (QED) is 0.550. The number of nitrogens with zero attached hydrogens (tertiary/aromatic N) is 1. The molecule has 1 N–H and O–H groups in total. The van der Waals surface area contributed by atoms with Gasteiger partial charge in [-0.15, -0.1) is 13.2 Å². The van der Waals surface area contributed by atoms with Gasteiger partial charge in [0.1, 0.15) is 11.4 Å². The van der Waals surface area contributed by atoms with Gasteiger partial charge in [-0.05, 0) is 48.4 Å². The SMILES string of the molecule is Cc1ccccc1NC1=C(c2ccccc2)C(=O)N(c2ccc(OC(F)(F)F)cc2)C1=O. The summed E-state index contributed by atoms with van der Waals surface area (Å²) in [6.45, 7) is 1.86. The van der Waals surface area contributed by atoms with Crippen LogP contribution in [0.3, 0.4) is 0 Å². The van der Waals surface area contributed by atoms with Gasteiger partial charge in [0.2, 0.25) is 0 Å². The highest BCUT2D eigenvalue weighted by molar-refractivity contribution is 6.46. The van der Waals surface area contributed by atoms with Crippen molar-refractivity contribution >= 4 is 28.8 Å². The molecule has 2 amide bonds. The van der Waals surface area contributed by atoms with Crippen LogP contribution in [0, 0.1) is 6.92 Å². The van der Waals surface area contributed by atoms with E-state index in [0.717, 1.165) is 22.6 Å². The standard InChI is InChI=1S/C24H17F3N2O3/c1-15-7-5-6-10-19(15)28-21-20(16-8-3-2-4-9-16)22(30)29(23(21)31)17-11-13-18(14-12-17)32-24(25,26)27/h2-14,28H,1H3. The second-order valence-electron chi connectivity index (χ2n) is 7.04. The molecule has 162 valence electrons. The summed E-state index contributed by atoms with van der Waals surface area (Å²) in [5.74, 6) is -1.64. The number of hydrogen-bond acceptors (Lipinski definition) is 4. The van der Waals surface area contributed by atoms with Crippen LogP contribution in [0.1, 0.15) is 11.1 Å². The normalized spacial score (nSPS) is 14.2. The number of benzene rings is 3. The Balaban J connectivity index is 1.73. The van der Waals surface area contributed by atoms with Gasteiger partial charge in [-0.25, -0.2) is 4.90 Å². The number of imide groups is 1. The van der Waals surface area contributed by atoms with Crippen LogP contribution in [-0.2, 0) is 9.59 Å². The zero-order valence-corrected chi connectivity index (χ0v) is 16.8. The predicted molar refractivity (Wildman–Crippen MR) is 114 cm³/mol. The topological polar surface area (TPSA) is 58.6 Å². The molecular weight excluding hydrogens is 421 g/mol. The largest absolute Gasteiger partial charge is 0.573 e. The molecule has 0 saturated carbocycles. The van der Waals surface area contributed by atoms with E-state index in [-0.39, 0.29) is 17.0 Å². The lowest BCUT2D eigenvalue weighted by Gasteiger charge is -2.16. The van der Waals surface area contributed by atoms with Crippen molar-refractivity contribution in [2.75, 3.05) is 10.2 Å². The van der Waals surface area contributed by atoms with Crippen molar-refractivity contribution in [3.8, 4) is 5.75 Å². The van der Waals surface area contributed by atoms with Gasteiger partial charge in [-0.2, -0.15) is 0 Å². The summed E-state index contributed by atoms with van der Waals surface area (Å²) in [5, 5.41) is 3.07. The van der Waals surface area contributed by atoms with Gasteiger partial charge < -0.3 is 10.1 Å². The van der Waals surface area contributed by atoms with Crippen molar-refractivity contribution < 1.29 is 27.5 Å². The Labute approximate surface area is 181 Å². The molecule has 3 aromatic carbocycles. The van der Waals surface area contributed by atoms with Gasteiger partial charge in [-0.1, -0.05) is 48.5 Å². The Morgan fingerprint density at radius 1 is 0.812 bits per heavy atom. The predicted octanol–water partition coefficient (Wildman–Crippen LogP) is 5.29. The molecule has 32 heavy (non-hydrogen) atoms. The number of rotatable bonds is 5.